The second-order valence-electron chi connectivity index (χ2n) is 6.50. The van der Waals surface area contributed by atoms with E-state index in [2.05, 4.69) is 21.7 Å². The Morgan fingerprint density at radius 3 is 2.16 bits per heavy atom. The summed E-state index contributed by atoms with van der Waals surface area (Å²) in [6.07, 6.45) is 0. The molecule has 1 heterocycles. The van der Waals surface area contributed by atoms with Crippen molar-refractivity contribution >= 4 is 11.6 Å². The van der Waals surface area contributed by atoms with Crippen LogP contribution in [0, 0.1) is 34.6 Å². The highest BCUT2D eigenvalue weighted by Crippen LogP contribution is 2.21. The molecular formula is C20H22N4O. The lowest BCUT2D eigenvalue weighted by atomic mass is 10.1. The fourth-order valence-electron chi connectivity index (χ4n) is 3.04. The molecule has 0 aliphatic heterocycles. The molecule has 25 heavy (non-hydrogen) atoms. The van der Waals surface area contributed by atoms with Crippen molar-refractivity contribution in [2.24, 2.45) is 0 Å². The lowest BCUT2D eigenvalue weighted by molar-refractivity contribution is 0.102. The first-order chi connectivity index (χ1) is 11.9. The quantitative estimate of drug-likeness (QED) is 0.786. The topological polar surface area (TPSA) is 59.8 Å². The molecule has 3 rings (SSSR count). The van der Waals surface area contributed by atoms with Gasteiger partial charge in [0.2, 0.25) is 0 Å². The van der Waals surface area contributed by atoms with E-state index >= 15 is 0 Å². The molecule has 0 saturated heterocycles. The van der Waals surface area contributed by atoms with Crippen LogP contribution in [0.15, 0.2) is 36.4 Å². The van der Waals surface area contributed by atoms with Gasteiger partial charge in [0.1, 0.15) is 0 Å². The van der Waals surface area contributed by atoms with Crippen LogP contribution in [0.1, 0.15) is 38.4 Å². The van der Waals surface area contributed by atoms with E-state index in [0.717, 1.165) is 33.6 Å². The zero-order valence-electron chi connectivity index (χ0n) is 15.2. The monoisotopic (exact) mass is 334 g/mol. The van der Waals surface area contributed by atoms with E-state index < -0.39 is 0 Å². The Bertz CT molecular complexity index is 916. The Morgan fingerprint density at radius 1 is 0.960 bits per heavy atom. The van der Waals surface area contributed by atoms with E-state index in [1.165, 1.54) is 0 Å². The van der Waals surface area contributed by atoms with E-state index in [9.17, 15) is 4.79 Å². The largest absolute Gasteiger partial charge is 0.320 e. The van der Waals surface area contributed by atoms with Gasteiger partial charge < -0.3 is 5.32 Å². The lowest BCUT2D eigenvalue weighted by Crippen LogP contribution is -2.15. The van der Waals surface area contributed by atoms with Crippen LogP contribution in [-0.4, -0.2) is 20.9 Å². The van der Waals surface area contributed by atoms with Gasteiger partial charge in [0, 0.05) is 5.69 Å². The molecule has 1 N–H and O–H groups in total. The molecule has 5 heteroatoms. The molecule has 3 aromatic rings. The maximum absolute atomic E-state index is 12.7. The van der Waals surface area contributed by atoms with Crippen LogP contribution < -0.4 is 5.32 Å². The number of rotatable bonds is 3. The molecule has 0 bridgehead atoms. The maximum atomic E-state index is 12.7. The highest BCUT2D eigenvalue weighted by Gasteiger charge is 2.19. The summed E-state index contributed by atoms with van der Waals surface area (Å²) in [5.74, 6) is -0.245. The number of hydrogen-bond acceptors (Lipinski definition) is 3. The van der Waals surface area contributed by atoms with Gasteiger partial charge in [-0.05, 0) is 69.0 Å². The maximum Gasteiger partial charge on any atom is 0.278 e. The number of anilines is 1. The Balaban J connectivity index is 1.94. The molecule has 0 atom stereocenters. The predicted molar refractivity (Wildman–Crippen MR) is 99.4 cm³/mol. The summed E-state index contributed by atoms with van der Waals surface area (Å²) < 4.78 is 1.71. The van der Waals surface area contributed by atoms with Crippen LogP contribution >= 0.6 is 0 Å². The highest BCUT2D eigenvalue weighted by atomic mass is 16.2. The molecule has 0 saturated carbocycles. The Labute approximate surface area is 147 Å². The summed E-state index contributed by atoms with van der Waals surface area (Å²) >= 11 is 0. The molecule has 0 fully saturated rings. The number of para-hydroxylation sites is 1. The average molecular weight is 334 g/mol. The molecule has 1 aromatic heterocycles. The molecule has 5 nitrogen and oxygen atoms in total. The molecule has 0 aliphatic carbocycles. The van der Waals surface area contributed by atoms with E-state index in [1.807, 2.05) is 65.0 Å². The Morgan fingerprint density at radius 2 is 1.56 bits per heavy atom. The number of amides is 1. The highest BCUT2D eigenvalue weighted by molar-refractivity contribution is 6.04. The van der Waals surface area contributed by atoms with E-state index in [1.54, 1.807) is 4.68 Å². The number of carbonyl (C=O) groups is 1. The van der Waals surface area contributed by atoms with E-state index in [-0.39, 0.29) is 5.91 Å². The van der Waals surface area contributed by atoms with Gasteiger partial charge in [-0.15, -0.1) is 5.10 Å². The van der Waals surface area contributed by atoms with Crippen LogP contribution in [0.2, 0.25) is 0 Å². The van der Waals surface area contributed by atoms with Crippen molar-refractivity contribution in [3.63, 3.8) is 0 Å². The van der Waals surface area contributed by atoms with Gasteiger partial charge in [0.05, 0.1) is 11.4 Å². The van der Waals surface area contributed by atoms with Crippen molar-refractivity contribution in [1.29, 1.82) is 0 Å². The number of aryl methyl sites for hydroxylation is 4. The van der Waals surface area contributed by atoms with Crippen molar-refractivity contribution in [1.82, 2.24) is 15.0 Å². The Kier molecular flexibility index (Phi) is 4.40. The van der Waals surface area contributed by atoms with Gasteiger partial charge in [-0.2, -0.15) is 0 Å². The summed E-state index contributed by atoms with van der Waals surface area (Å²) in [7, 11) is 0. The average Bonchev–Trinajstić information content (AvgIpc) is 2.92. The second-order valence-corrected chi connectivity index (χ2v) is 6.50. The molecule has 0 aliphatic rings. The van der Waals surface area contributed by atoms with Crippen molar-refractivity contribution < 1.29 is 4.79 Å². The first-order valence-corrected chi connectivity index (χ1v) is 8.25. The van der Waals surface area contributed by atoms with Gasteiger partial charge >= 0.3 is 0 Å². The van der Waals surface area contributed by atoms with E-state index in [4.69, 9.17) is 0 Å². The summed E-state index contributed by atoms with van der Waals surface area (Å²) in [6.45, 7) is 9.88. The van der Waals surface area contributed by atoms with Gasteiger partial charge in [0.15, 0.2) is 5.69 Å². The third kappa shape index (κ3) is 3.31. The molecular weight excluding hydrogens is 312 g/mol. The fraction of sp³-hybridized carbons (Fsp3) is 0.250. The SMILES string of the molecule is Cc1cc(C)cc(-n2nnc(C(=O)Nc3c(C)cccc3C)c2C)c1. The zero-order valence-corrected chi connectivity index (χ0v) is 15.2. The molecule has 0 spiro atoms. The fourth-order valence-corrected chi connectivity index (χ4v) is 3.04. The minimum atomic E-state index is -0.245. The van der Waals surface area contributed by atoms with Gasteiger partial charge in [0.25, 0.3) is 5.91 Å². The van der Waals surface area contributed by atoms with Crippen molar-refractivity contribution in [3.05, 3.63) is 70.0 Å². The van der Waals surface area contributed by atoms with Gasteiger partial charge in [-0.1, -0.05) is 29.5 Å². The standard InChI is InChI=1S/C20H22N4O/c1-12-9-13(2)11-17(10-12)24-16(5)19(22-23-24)20(25)21-18-14(3)7-6-8-15(18)4/h6-11H,1-5H3,(H,21,25). The molecule has 1 amide bonds. The number of benzene rings is 2. The Hall–Kier alpha value is -2.95. The number of nitrogens with one attached hydrogen (secondary N) is 1. The predicted octanol–water partition coefficient (Wildman–Crippen LogP) is 4.06. The lowest BCUT2D eigenvalue weighted by Gasteiger charge is -2.11. The normalized spacial score (nSPS) is 10.8. The molecule has 0 unspecified atom stereocenters. The van der Waals surface area contributed by atoms with Crippen LogP contribution in [0.3, 0.4) is 0 Å². The minimum absolute atomic E-state index is 0.245. The van der Waals surface area contributed by atoms with Crippen LogP contribution in [-0.2, 0) is 0 Å². The number of aromatic nitrogens is 3. The molecule has 0 radical (unpaired) electrons. The van der Waals surface area contributed by atoms with Crippen molar-refractivity contribution in [2.45, 2.75) is 34.6 Å². The minimum Gasteiger partial charge on any atom is -0.320 e. The van der Waals surface area contributed by atoms with Gasteiger partial charge in [-0.25, -0.2) is 4.68 Å². The smallest absolute Gasteiger partial charge is 0.278 e. The van der Waals surface area contributed by atoms with E-state index in [0.29, 0.717) is 11.4 Å². The van der Waals surface area contributed by atoms with Crippen molar-refractivity contribution in [3.8, 4) is 5.69 Å². The van der Waals surface area contributed by atoms with Crippen molar-refractivity contribution in [2.75, 3.05) is 5.32 Å². The number of nitrogens with zero attached hydrogens (tertiary/aromatic N) is 3. The summed E-state index contributed by atoms with van der Waals surface area (Å²) in [5.41, 5.74) is 7.12. The zero-order chi connectivity index (χ0) is 18.1. The summed E-state index contributed by atoms with van der Waals surface area (Å²) in [4.78, 5) is 12.7. The molecule has 128 valence electrons. The van der Waals surface area contributed by atoms with Crippen LogP contribution in [0.25, 0.3) is 5.69 Å². The summed E-state index contributed by atoms with van der Waals surface area (Å²) in [5, 5.41) is 11.3. The number of carbonyl (C=O) groups excluding carboxylic acids is 1. The van der Waals surface area contributed by atoms with Crippen LogP contribution in [0.5, 0.6) is 0 Å². The third-order valence-corrected chi connectivity index (χ3v) is 4.28. The summed E-state index contributed by atoms with van der Waals surface area (Å²) in [6, 6.07) is 12.1. The van der Waals surface area contributed by atoms with Crippen LogP contribution in [0.4, 0.5) is 5.69 Å². The second kappa shape index (κ2) is 6.51. The number of hydrogen-bond donors (Lipinski definition) is 1. The molecule has 2 aromatic carbocycles. The third-order valence-electron chi connectivity index (χ3n) is 4.28. The first kappa shape index (κ1) is 16.9. The first-order valence-electron chi connectivity index (χ1n) is 8.25. The van der Waals surface area contributed by atoms with Gasteiger partial charge in [-0.3, -0.25) is 4.79 Å².